The highest BCUT2D eigenvalue weighted by atomic mass is 32.1. The molecule has 30 heavy (non-hydrogen) atoms. The molecule has 158 valence electrons. The SMILES string of the molecule is CC(=O)NC1C[C@H]2CC[C@@H](C1)N2Cc1ccc(Oc2nc3c(s2)=C(C)CCN=3)cc1. The summed E-state index contributed by atoms with van der Waals surface area (Å²) in [5.74, 6) is 0.904. The van der Waals surface area contributed by atoms with Crippen LogP contribution in [0.4, 0.5) is 0 Å². The van der Waals surface area contributed by atoms with Crippen LogP contribution in [0.2, 0.25) is 0 Å². The van der Waals surface area contributed by atoms with E-state index in [0.29, 0.717) is 23.3 Å². The highest BCUT2D eigenvalue weighted by Gasteiger charge is 2.40. The Balaban J connectivity index is 1.23. The molecule has 3 aliphatic rings. The van der Waals surface area contributed by atoms with Crippen molar-refractivity contribution >= 4 is 22.8 Å². The lowest BCUT2D eigenvalue weighted by Gasteiger charge is -2.39. The molecule has 1 aromatic heterocycles. The van der Waals surface area contributed by atoms with Crippen LogP contribution in [0, 0.1) is 0 Å². The van der Waals surface area contributed by atoms with E-state index in [2.05, 4.69) is 39.2 Å². The third-order valence-corrected chi connectivity index (χ3v) is 7.60. The van der Waals surface area contributed by atoms with Crippen molar-refractivity contribution in [2.75, 3.05) is 6.54 Å². The van der Waals surface area contributed by atoms with Gasteiger partial charge in [-0.25, -0.2) is 0 Å². The van der Waals surface area contributed by atoms with Crippen LogP contribution in [0.15, 0.2) is 29.3 Å². The summed E-state index contributed by atoms with van der Waals surface area (Å²) in [5.41, 5.74) is 3.47. The Morgan fingerprint density at radius 1 is 1.23 bits per heavy atom. The van der Waals surface area contributed by atoms with Gasteiger partial charge < -0.3 is 10.1 Å². The summed E-state index contributed by atoms with van der Waals surface area (Å²) < 4.78 is 7.17. The molecule has 0 saturated carbocycles. The summed E-state index contributed by atoms with van der Waals surface area (Å²) in [5, 5.41) is 3.79. The van der Waals surface area contributed by atoms with Crippen LogP contribution in [0.1, 0.15) is 51.5 Å². The van der Waals surface area contributed by atoms with E-state index >= 15 is 0 Å². The van der Waals surface area contributed by atoms with Gasteiger partial charge in [0.15, 0.2) is 5.49 Å². The molecule has 1 unspecified atom stereocenters. The van der Waals surface area contributed by atoms with Gasteiger partial charge in [-0.05, 0) is 56.7 Å². The largest absolute Gasteiger partial charge is 0.431 e. The quantitative estimate of drug-likeness (QED) is 0.802. The molecule has 3 aliphatic heterocycles. The maximum absolute atomic E-state index is 11.4. The zero-order valence-electron chi connectivity index (χ0n) is 17.6. The van der Waals surface area contributed by atoms with Crippen LogP contribution < -0.4 is 20.1 Å². The van der Waals surface area contributed by atoms with Gasteiger partial charge in [0.2, 0.25) is 5.91 Å². The summed E-state index contributed by atoms with van der Waals surface area (Å²) in [6.45, 7) is 5.55. The molecule has 0 radical (unpaired) electrons. The van der Waals surface area contributed by atoms with Gasteiger partial charge in [-0.2, -0.15) is 4.98 Å². The van der Waals surface area contributed by atoms with Gasteiger partial charge in [-0.15, -0.1) is 0 Å². The molecule has 2 bridgehead atoms. The fourth-order valence-corrected chi connectivity index (χ4v) is 6.00. The summed E-state index contributed by atoms with van der Waals surface area (Å²) in [7, 11) is 0. The van der Waals surface area contributed by atoms with Crippen molar-refractivity contribution in [3.05, 3.63) is 39.8 Å². The Hall–Kier alpha value is -2.25. The number of hydrogen-bond donors (Lipinski definition) is 1. The number of carbonyl (C=O) groups is 1. The topological polar surface area (TPSA) is 66.8 Å². The number of hydrogen-bond acceptors (Lipinski definition) is 6. The summed E-state index contributed by atoms with van der Waals surface area (Å²) in [6, 6.07) is 9.87. The van der Waals surface area contributed by atoms with Gasteiger partial charge in [-0.3, -0.25) is 14.7 Å². The lowest BCUT2D eigenvalue weighted by atomic mass is 9.96. The maximum atomic E-state index is 11.4. The molecule has 7 heteroatoms. The van der Waals surface area contributed by atoms with Crippen LogP contribution in [0.3, 0.4) is 0 Å². The van der Waals surface area contributed by atoms with Gasteiger partial charge in [0.1, 0.15) is 5.75 Å². The summed E-state index contributed by atoms with van der Waals surface area (Å²) in [4.78, 5) is 23.1. The first-order valence-corrected chi connectivity index (χ1v) is 11.7. The minimum Gasteiger partial charge on any atom is -0.431 e. The minimum atomic E-state index is 0.0891. The fraction of sp³-hybridized carbons (Fsp3) is 0.522. The standard InChI is InChI=1S/C23H28N4O2S/c1-14-9-10-24-22-21(14)30-23(26-22)29-20-7-3-16(4-8-20)13-27-18-5-6-19(27)12-17(11-18)25-15(2)28/h3-4,7-8,17-19H,5-6,9-13H2,1-2H3,(H,25,28)/t17?,18-,19+. The molecule has 6 nitrogen and oxygen atoms in total. The Morgan fingerprint density at radius 3 is 2.63 bits per heavy atom. The van der Waals surface area contributed by atoms with Crippen molar-refractivity contribution in [1.29, 1.82) is 0 Å². The molecular formula is C23H28N4O2S. The average Bonchev–Trinajstić information content (AvgIpc) is 3.21. The number of amides is 1. The number of aromatic nitrogens is 1. The van der Waals surface area contributed by atoms with E-state index in [9.17, 15) is 4.79 Å². The second kappa shape index (κ2) is 8.12. The number of thiazole rings is 1. The lowest BCUT2D eigenvalue weighted by molar-refractivity contribution is -0.120. The van der Waals surface area contributed by atoms with E-state index in [1.165, 1.54) is 24.0 Å². The molecule has 4 heterocycles. The Bertz CT molecular complexity index is 1050. The molecule has 0 spiro atoms. The third kappa shape index (κ3) is 4.01. The zero-order valence-corrected chi connectivity index (χ0v) is 18.4. The van der Waals surface area contributed by atoms with Crippen molar-refractivity contribution in [2.24, 2.45) is 4.99 Å². The minimum absolute atomic E-state index is 0.0891. The zero-order chi connectivity index (χ0) is 20.7. The number of carbonyl (C=O) groups excluding carboxylic acids is 1. The number of fused-ring (bicyclic) bond motifs is 3. The van der Waals surface area contributed by atoms with Crippen LogP contribution in [-0.4, -0.2) is 40.5 Å². The van der Waals surface area contributed by atoms with E-state index in [0.717, 1.165) is 48.1 Å². The summed E-state index contributed by atoms with van der Waals surface area (Å²) in [6.07, 6.45) is 5.60. The third-order valence-electron chi connectivity index (χ3n) is 6.51. The van der Waals surface area contributed by atoms with E-state index < -0.39 is 0 Å². The van der Waals surface area contributed by atoms with Crippen molar-refractivity contribution in [3.8, 4) is 10.9 Å². The molecule has 2 aromatic rings. The average molecular weight is 425 g/mol. The number of nitrogens with zero attached hydrogens (tertiary/aromatic N) is 3. The van der Waals surface area contributed by atoms with Crippen LogP contribution >= 0.6 is 11.3 Å². The van der Waals surface area contributed by atoms with Crippen LogP contribution in [-0.2, 0) is 11.3 Å². The molecule has 0 aliphatic carbocycles. The monoisotopic (exact) mass is 424 g/mol. The number of piperidine rings is 1. The molecule has 5 rings (SSSR count). The molecule has 2 saturated heterocycles. The number of ether oxygens (including phenoxy) is 1. The van der Waals surface area contributed by atoms with Crippen molar-refractivity contribution in [2.45, 2.75) is 70.6 Å². The van der Waals surface area contributed by atoms with Gasteiger partial charge in [0, 0.05) is 38.1 Å². The van der Waals surface area contributed by atoms with E-state index in [4.69, 9.17) is 4.74 Å². The Morgan fingerprint density at radius 2 is 1.97 bits per heavy atom. The van der Waals surface area contributed by atoms with Crippen LogP contribution in [0.25, 0.3) is 5.57 Å². The van der Waals surface area contributed by atoms with Gasteiger partial charge in [-0.1, -0.05) is 29.0 Å². The second-order valence-electron chi connectivity index (χ2n) is 8.72. The predicted molar refractivity (Wildman–Crippen MR) is 117 cm³/mol. The molecule has 2 fully saturated rings. The molecule has 1 N–H and O–H groups in total. The normalized spacial score (nSPS) is 25.5. The maximum Gasteiger partial charge on any atom is 0.281 e. The molecular weight excluding hydrogens is 396 g/mol. The van der Waals surface area contributed by atoms with E-state index in [-0.39, 0.29) is 5.91 Å². The smallest absolute Gasteiger partial charge is 0.281 e. The van der Waals surface area contributed by atoms with Gasteiger partial charge in [0.25, 0.3) is 5.19 Å². The highest BCUT2D eigenvalue weighted by Crippen LogP contribution is 2.37. The van der Waals surface area contributed by atoms with Gasteiger partial charge in [0.05, 0.1) is 4.53 Å². The Labute approximate surface area is 180 Å². The van der Waals surface area contributed by atoms with Gasteiger partial charge >= 0.3 is 0 Å². The second-order valence-corrected chi connectivity index (χ2v) is 9.68. The highest BCUT2D eigenvalue weighted by molar-refractivity contribution is 7.11. The number of rotatable bonds is 5. The predicted octanol–water partition coefficient (Wildman–Crippen LogP) is 2.76. The van der Waals surface area contributed by atoms with Crippen LogP contribution in [0.5, 0.6) is 10.9 Å². The number of nitrogens with one attached hydrogen (secondary N) is 1. The summed E-state index contributed by atoms with van der Waals surface area (Å²) >= 11 is 1.58. The van der Waals surface area contributed by atoms with Crippen molar-refractivity contribution in [3.63, 3.8) is 0 Å². The van der Waals surface area contributed by atoms with Crippen molar-refractivity contribution in [1.82, 2.24) is 15.2 Å². The fourth-order valence-electron chi connectivity index (χ4n) is 5.08. The molecule has 1 aromatic carbocycles. The molecule has 3 atom stereocenters. The molecule has 1 amide bonds. The first-order chi connectivity index (χ1) is 14.5. The lowest BCUT2D eigenvalue weighted by Crippen LogP contribution is -2.49. The van der Waals surface area contributed by atoms with E-state index in [1.807, 2.05) is 12.1 Å². The first kappa shape index (κ1) is 19.7. The first-order valence-electron chi connectivity index (χ1n) is 10.9. The Kier molecular flexibility index (Phi) is 5.33. The van der Waals surface area contributed by atoms with E-state index in [1.54, 1.807) is 18.3 Å². The number of benzene rings is 1. The van der Waals surface area contributed by atoms with Crippen molar-refractivity contribution < 1.29 is 9.53 Å².